The van der Waals surface area contributed by atoms with E-state index in [0.29, 0.717) is 17.9 Å². The van der Waals surface area contributed by atoms with Crippen molar-refractivity contribution in [3.05, 3.63) is 60.2 Å². The fraction of sp³-hybridized carbons (Fsp3) is 0.455. The zero-order chi connectivity index (χ0) is 17.9. The van der Waals surface area contributed by atoms with Gasteiger partial charge in [-0.2, -0.15) is 0 Å². The average molecular weight is 369 g/mol. The minimum atomic E-state index is 0.252. The molecule has 2 aliphatic rings. The van der Waals surface area contributed by atoms with Crippen LogP contribution in [0.3, 0.4) is 0 Å². The molecule has 0 amide bonds. The molecule has 1 saturated heterocycles. The maximum atomic E-state index is 5.68. The van der Waals surface area contributed by atoms with Gasteiger partial charge in [-0.05, 0) is 56.6 Å². The predicted molar refractivity (Wildman–Crippen MR) is 110 cm³/mol. The highest BCUT2D eigenvalue weighted by atomic mass is 32.2. The van der Waals surface area contributed by atoms with E-state index in [1.807, 2.05) is 7.11 Å². The van der Waals surface area contributed by atoms with E-state index >= 15 is 0 Å². The summed E-state index contributed by atoms with van der Waals surface area (Å²) in [7, 11) is 4.05. The molecule has 0 N–H and O–H groups in total. The quantitative estimate of drug-likeness (QED) is 0.763. The molecule has 2 aromatic rings. The van der Waals surface area contributed by atoms with Gasteiger partial charge < -0.3 is 14.5 Å². The molecule has 0 spiro atoms. The van der Waals surface area contributed by atoms with Crippen LogP contribution in [0.4, 0.5) is 5.69 Å². The van der Waals surface area contributed by atoms with Crippen molar-refractivity contribution in [3.8, 4) is 0 Å². The fourth-order valence-corrected chi connectivity index (χ4v) is 5.80. The third kappa shape index (κ3) is 3.51. The van der Waals surface area contributed by atoms with Gasteiger partial charge in [0, 0.05) is 12.0 Å². The van der Waals surface area contributed by atoms with E-state index in [2.05, 4.69) is 83.2 Å². The van der Waals surface area contributed by atoms with Crippen molar-refractivity contribution >= 4 is 17.4 Å². The third-order valence-electron chi connectivity index (χ3n) is 5.68. The van der Waals surface area contributed by atoms with E-state index in [4.69, 9.17) is 4.74 Å². The number of benzene rings is 2. The van der Waals surface area contributed by atoms with Crippen LogP contribution in [0.5, 0.6) is 0 Å². The van der Waals surface area contributed by atoms with Crippen LogP contribution in [-0.4, -0.2) is 44.1 Å². The number of rotatable bonds is 5. The summed E-state index contributed by atoms with van der Waals surface area (Å²) in [4.78, 5) is 6.51. The first-order valence-electron chi connectivity index (χ1n) is 9.54. The van der Waals surface area contributed by atoms with E-state index < -0.39 is 0 Å². The number of para-hydroxylation sites is 1. The van der Waals surface area contributed by atoms with Crippen molar-refractivity contribution in [2.75, 3.05) is 38.8 Å². The molecule has 0 saturated carbocycles. The first-order valence-corrected chi connectivity index (χ1v) is 10.4. The fourth-order valence-electron chi connectivity index (χ4n) is 4.25. The number of likely N-dealkylation sites (tertiary alicyclic amines) is 1. The summed E-state index contributed by atoms with van der Waals surface area (Å²) in [6.45, 7) is 3.11. The second-order valence-electron chi connectivity index (χ2n) is 7.41. The second kappa shape index (κ2) is 8.03. The highest BCUT2D eigenvalue weighted by molar-refractivity contribution is 8.00. The molecule has 2 atom stereocenters. The molecular weight excluding hydrogens is 340 g/mol. The summed E-state index contributed by atoms with van der Waals surface area (Å²) in [6, 6.07) is 20.0. The van der Waals surface area contributed by atoms with E-state index in [1.165, 1.54) is 42.1 Å². The number of anilines is 1. The lowest BCUT2D eigenvalue weighted by Crippen LogP contribution is -2.44. The van der Waals surface area contributed by atoms with Crippen LogP contribution in [-0.2, 0) is 4.74 Å². The Morgan fingerprint density at radius 1 is 1.04 bits per heavy atom. The Balaban J connectivity index is 1.70. The predicted octanol–water partition coefficient (Wildman–Crippen LogP) is 4.65. The highest BCUT2D eigenvalue weighted by Gasteiger charge is 2.40. The highest BCUT2D eigenvalue weighted by Crippen LogP contribution is 2.51. The van der Waals surface area contributed by atoms with Crippen molar-refractivity contribution in [2.24, 2.45) is 5.92 Å². The maximum absolute atomic E-state index is 5.68. The summed E-state index contributed by atoms with van der Waals surface area (Å²) in [6.07, 6.45) is 2.54. The van der Waals surface area contributed by atoms with Crippen molar-refractivity contribution in [1.29, 1.82) is 0 Å². The van der Waals surface area contributed by atoms with Gasteiger partial charge in [-0.25, -0.2) is 0 Å². The van der Waals surface area contributed by atoms with E-state index in [9.17, 15) is 0 Å². The Morgan fingerprint density at radius 3 is 2.46 bits per heavy atom. The molecule has 3 nitrogen and oxygen atoms in total. The van der Waals surface area contributed by atoms with E-state index in [0.717, 1.165) is 0 Å². The Hall–Kier alpha value is -1.49. The molecule has 4 heteroatoms. The first-order chi connectivity index (χ1) is 12.8. The smallest absolute Gasteiger partial charge is 0.0834 e. The first kappa shape index (κ1) is 17.9. The number of ether oxygens (including phenoxy) is 1. The van der Waals surface area contributed by atoms with Gasteiger partial charge in [0.15, 0.2) is 0 Å². The zero-order valence-corrected chi connectivity index (χ0v) is 16.5. The molecule has 2 aliphatic heterocycles. The molecule has 2 aromatic carbocycles. The molecule has 1 unspecified atom stereocenters. The number of fused-ring (bicyclic) bond motifs is 1. The molecule has 0 radical (unpaired) electrons. The molecule has 4 rings (SSSR count). The topological polar surface area (TPSA) is 15.7 Å². The number of hydrogen-bond acceptors (Lipinski definition) is 4. The Morgan fingerprint density at radius 2 is 1.73 bits per heavy atom. The van der Waals surface area contributed by atoms with Crippen LogP contribution in [0.25, 0.3) is 0 Å². The molecule has 138 valence electrons. The lowest BCUT2D eigenvalue weighted by molar-refractivity contribution is 0.167. The van der Waals surface area contributed by atoms with Gasteiger partial charge >= 0.3 is 0 Å². The van der Waals surface area contributed by atoms with Crippen molar-refractivity contribution < 1.29 is 4.74 Å². The van der Waals surface area contributed by atoms with Gasteiger partial charge in [0.2, 0.25) is 0 Å². The Kier molecular flexibility index (Phi) is 5.53. The van der Waals surface area contributed by atoms with Gasteiger partial charge in [-0.3, -0.25) is 0 Å². The zero-order valence-electron chi connectivity index (χ0n) is 15.7. The molecule has 0 bridgehead atoms. The number of nitrogens with zero attached hydrogens (tertiary/aromatic N) is 2. The van der Waals surface area contributed by atoms with Crippen LogP contribution in [0, 0.1) is 5.92 Å². The van der Waals surface area contributed by atoms with Gasteiger partial charge in [0.25, 0.3) is 0 Å². The summed E-state index contributed by atoms with van der Waals surface area (Å²) in [5.74, 6) is 0.715. The number of methoxy groups -OCH3 is 1. The number of hydrogen-bond donors (Lipinski definition) is 0. The van der Waals surface area contributed by atoms with Crippen LogP contribution in [0.1, 0.15) is 24.4 Å². The van der Waals surface area contributed by atoms with Gasteiger partial charge in [-0.15, -0.1) is 0 Å². The molecule has 0 aromatic heterocycles. The largest absolute Gasteiger partial charge is 0.382 e. The van der Waals surface area contributed by atoms with Crippen molar-refractivity contribution in [2.45, 2.75) is 29.2 Å². The molecule has 26 heavy (non-hydrogen) atoms. The normalized spacial score (nSPS) is 22.4. The molecule has 2 heterocycles. The van der Waals surface area contributed by atoms with E-state index in [-0.39, 0.29) is 6.04 Å². The van der Waals surface area contributed by atoms with E-state index in [1.54, 1.807) is 0 Å². The minimum absolute atomic E-state index is 0.252. The Labute approximate surface area is 161 Å². The van der Waals surface area contributed by atoms with Gasteiger partial charge in [0.1, 0.15) is 0 Å². The number of piperidine rings is 1. The third-order valence-corrected chi connectivity index (χ3v) is 7.13. The SMILES string of the molecule is COCC(c1ccccc1)N1c2ccccc2S[C@H]1C1CCN(C)CC1. The van der Waals surface area contributed by atoms with Crippen LogP contribution >= 0.6 is 11.8 Å². The summed E-state index contributed by atoms with van der Waals surface area (Å²) < 4.78 is 5.68. The van der Waals surface area contributed by atoms with Crippen molar-refractivity contribution in [1.82, 2.24) is 4.90 Å². The minimum Gasteiger partial charge on any atom is -0.382 e. The second-order valence-corrected chi connectivity index (χ2v) is 8.56. The van der Waals surface area contributed by atoms with Crippen LogP contribution in [0.15, 0.2) is 59.5 Å². The van der Waals surface area contributed by atoms with Gasteiger partial charge in [-0.1, -0.05) is 54.2 Å². The van der Waals surface area contributed by atoms with Crippen LogP contribution in [0.2, 0.25) is 0 Å². The molecule has 1 fully saturated rings. The standard InChI is InChI=1S/C22H28N2OS/c1-23-14-12-18(13-15-23)22-24(19-10-6-7-11-21(19)26-22)20(16-25-2)17-8-4-3-5-9-17/h3-11,18,20,22H,12-16H2,1-2H3/t20?,22-/m0/s1. The molecule has 0 aliphatic carbocycles. The summed E-state index contributed by atoms with van der Waals surface area (Å²) in [5, 5.41) is 0.487. The average Bonchev–Trinajstić information content (AvgIpc) is 3.06. The monoisotopic (exact) mass is 368 g/mol. The van der Waals surface area contributed by atoms with Gasteiger partial charge in [0.05, 0.1) is 23.7 Å². The Bertz CT molecular complexity index is 715. The maximum Gasteiger partial charge on any atom is 0.0834 e. The molecular formula is C22H28N2OS. The summed E-state index contributed by atoms with van der Waals surface area (Å²) in [5.41, 5.74) is 2.71. The lowest BCUT2D eigenvalue weighted by Gasteiger charge is -2.41. The van der Waals surface area contributed by atoms with Crippen LogP contribution < -0.4 is 4.90 Å². The van der Waals surface area contributed by atoms with Crippen molar-refractivity contribution in [3.63, 3.8) is 0 Å². The summed E-state index contributed by atoms with van der Waals surface area (Å²) >= 11 is 2.05. The number of thioether (sulfide) groups is 1. The lowest BCUT2D eigenvalue weighted by atomic mass is 9.94.